The molecule has 4 rings (SSSR count). The number of nitrogens with zero attached hydrogens (tertiary/aromatic N) is 1. The van der Waals surface area contributed by atoms with Crippen LogP contribution in [0.1, 0.15) is 28.9 Å². The normalized spacial score (nSPS) is 13.4. The van der Waals surface area contributed by atoms with E-state index in [0.29, 0.717) is 16.5 Å². The van der Waals surface area contributed by atoms with Crippen LogP contribution >= 0.6 is 0 Å². The Kier molecular flexibility index (Phi) is 5.52. The Balaban J connectivity index is 1.38. The molecule has 0 radical (unpaired) electrons. The minimum atomic E-state index is -0.755. The van der Waals surface area contributed by atoms with Crippen molar-refractivity contribution < 1.29 is 14.3 Å². The van der Waals surface area contributed by atoms with Crippen molar-refractivity contribution in [2.75, 3.05) is 29.9 Å². The monoisotopic (exact) mass is 405 g/mol. The number of nitrogens with one attached hydrogen (secondary N) is 2. The second-order valence-corrected chi connectivity index (χ2v) is 7.42. The van der Waals surface area contributed by atoms with Crippen LogP contribution in [-0.4, -0.2) is 36.6 Å². The highest BCUT2D eigenvalue weighted by Crippen LogP contribution is 2.25. The number of fused-ring (bicyclic) bond motifs is 1. The smallest absolute Gasteiger partial charge is 0.355 e. The third kappa shape index (κ3) is 4.20. The molecule has 0 spiro atoms. The standard InChI is InChI=1S/C23H23N3O4/c1-15-12-17(26-10-4-5-11-26)8-9-19(15)24-21(27)14-30-23(29)20-13-16-6-2-3-7-18(16)22(28)25-20/h2-3,6-9,12-13H,4-5,10-11,14H2,1H3,(H,24,27)(H,25,28). The zero-order chi connectivity index (χ0) is 21.1. The summed E-state index contributed by atoms with van der Waals surface area (Å²) >= 11 is 0. The van der Waals surface area contributed by atoms with Gasteiger partial charge in [0.2, 0.25) is 0 Å². The van der Waals surface area contributed by atoms with Crippen LogP contribution in [0.5, 0.6) is 0 Å². The van der Waals surface area contributed by atoms with Crippen LogP contribution in [0.3, 0.4) is 0 Å². The van der Waals surface area contributed by atoms with Gasteiger partial charge >= 0.3 is 5.97 Å². The number of carbonyl (C=O) groups is 2. The molecule has 7 nitrogen and oxygen atoms in total. The third-order valence-corrected chi connectivity index (χ3v) is 5.26. The van der Waals surface area contributed by atoms with Crippen molar-refractivity contribution >= 4 is 34.0 Å². The van der Waals surface area contributed by atoms with Crippen LogP contribution in [0.4, 0.5) is 11.4 Å². The second-order valence-electron chi connectivity index (χ2n) is 7.42. The average molecular weight is 405 g/mol. The number of amides is 1. The summed E-state index contributed by atoms with van der Waals surface area (Å²) in [5.41, 5.74) is 2.40. The largest absolute Gasteiger partial charge is 0.451 e. The Hall–Kier alpha value is -3.61. The van der Waals surface area contributed by atoms with Crippen LogP contribution in [0, 0.1) is 6.92 Å². The molecule has 2 aromatic carbocycles. The number of pyridine rings is 1. The summed E-state index contributed by atoms with van der Waals surface area (Å²) in [6.45, 7) is 3.60. The number of esters is 1. The molecule has 0 unspecified atom stereocenters. The fraction of sp³-hybridized carbons (Fsp3) is 0.261. The summed E-state index contributed by atoms with van der Waals surface area (Å²) in [4.78, 5) is 41.4. The predicted molar refractivity (Wildman–Crippen MR) is 116 cm³/mol. The van der Waals surface area contributed by atoms with Crippen LogP contribution in [0.2, 0.25) is 0 Å². The fourth-order valence-corrected chi connectivity index (χ4v) is 3.68. The third-order valence-electron chi connectivity index (χ3n) is 5.26. The second kappa shape index (κ2) is 8.41. The predicted octanol–water partition coefficient (Wildman–Crippen LogP) is 3.23. The summed E-state index contributed by atoms with van der Waals surface area (Å²) in [6.07, 6.45) is 2.40. The van der Waals surface area contributed by atoms with Crippen LogP contribution in [0.25, 0.3) is 10.8 Å². The van der Waals surface area contributed by atoms with Gasteiger partial charge in [-0.25, -0.2) is 4.79 Å². The van der Waals surface area contributed by atoms with Crippen molar-refractivity contribution in [1.82, 2.24) is 4.98 Å². The van der Waals surface area contributed by atoms with E-state index in [9.17, 15) is 14.4 Å². The molecule has 2 heterocycles. The molecule has 2 N–H and O–H groups in total. The van der Waals surface area contributed by atoms with Crippen molar-refractivity contribution in [3.8, 4) is 0 Å². The van der Waals surface area contributed by atoms with E-state index >= 15 is 0 Å². The van der Waals surface area contributed by atoms with Gasteiger partial charge in [0.25, 0.3) is 11.5 Å². The Morgan fingerprint density at radius 1 is 1.10 bits per heavy atom. The minimum absolute atomic E-state index is 0.0117. The number of aromatic amines is 1. The average Bonchev–Trinajstić information content (AvgIpc) is 3.28. The lowest BCUT2D eigenvalue weighted by Gasteiger charge is -2.19. The number of H-pyrrole nitrogens is 1. The molecular weight excluding hydrogens is 382 g/mol. The zero-order valence-corrected chi connectivity index (χ0v) is 16.7. The number of ether oxygens (including phenoxy) is 1. The van der Waals surface area contributed by atoms with E-state index in [1.807, 2.05) is 25.1 Å². The summed E-state index contributed by atoms with van der Waals surface area (Å²) in [7, 11) is 0. The van der Waals surface area contributed by atoms with Crippen LogP contribution < -0.4 is 15.8 Å². The first-order valence-corrected chi connectivity index (χ1v) is 9.96. The van der Waals surface area contributed by atoms with Gasteiger partial charge in [-0.15, -0.1) is 0 Å². The molecule has 0 saturated carbocycles. The lowest BCUT2D eigenvalue weighted by Crippen LogP contribution is -2.23. The maximum atomic E-state index is 12.3. The number of rotatable bonds is 5. The number of hydrogen-bond donors (Lipinski definition) is 2. The van der Waals surface area contributed by atoms with Gasteiger partial charge in [0.1, 0.15) is 5.69 Å². The van der Waals surface area contributed by atoms with Gasteiger partial charge in [-0.2, -0.15) is 0 Å². The van der Waals surface area contributed by atoms with Gasteiger partial charge in [0.15, 0.2) is 6.61 Å². The van der Waals surface area contributed by atoms with Crippen molar-refractivity contribution in [3.63, 3.8) is 0 Å². The summed E-state index contributed by atoms with van der Waals surface area (Å²) in [5, 5.41) is 3.89. The Morgan fingerprint density at radius 3 is 2.63 bits per heavy atom. The zero-order valence-electron chi connectivity index (χ0n) is 16.7. The topological polar surface area (TPSA) is 91.5 Å². The number of benzene rings is 2. The summed E-state index contributed by atoms with van der Waals surface area (Å²) in [6, 6.07) is 14.4. The number of hydrogen-bond acceptors (Lipinski definition) is 5. The number of anilines is 2. The summed E-state index contributed by atoms with van der Waals surface area (Å²) in [5.74, 6) is -1.20. The van der Waals surface area contributed by atoms with Gasteiger partial charge in [0.05, 0.1) is 0 Å². The van der Waals surface area contributed by atoms with Crippen molar-refractivity contribution in [3.05, 3.63) is 70.1 Å². The Bertz CT molecular complexity index is 1160. The first-order valence-electron chi connectivity index (χ1n) is 9.96. The van der Waals surface area contributed by atoms with Gasteiger partial charge in [-0.3, -0.25) is 9.59 Å². The highest BCUT2D eigenvalue weighted by molar-refractivity contribution is 5.97. The number of aryl methyl sites for hydroxylation is 1. The van der Waals surface area contributed by atoms with Crippen LogP contribution in [0.15, 0.2) is 53.3 Å². The molecule has 30 heavy (non-hydrogen) atoms. The van der Waals surface area contributed by atoms with E-state index in [-0.39, 0.29) is 11.3 Å². The quantitative estimate of drug-likeness (QED) is 0.636. The summed E-state index contributed by atoms with van der Waals surface area (Å²) < 4.78 is 5.08. The Labute approximate surface area is 173 Å². The molecule has 1 aliphatic heterocycles. The number of carbonyl (C=O) groups excluding carboxylic acids is 2. The van der Waals surface area contributed by atoms with E-state index in [2.05, 4.69) is 15.2 Å². The molecule has 1 amide bonds. The molecule has 7 heteroatoms. The van der Waals surface area contributed by atoms with Crippen molar-refractivity contribution in [2.24, 2.45) is 0 Å². The SMILES string of the molecule is Cc1cc(N2CCCC2)ccc1NC(=O)COC(=O)c1cc2ccccc2c(=O)[nH]1. The lowest BCUT2D eigenvalue weighted by molar-refractivity contribution is -0.119. The minimum Gasteiger partial charge on any atom is -0.451 e. The molecule has 1 fully saturated rings. The molecule has 0 atom stereocenters. The molecular formula is C23H23N3O4. The molecule has 3 aromatic rings. The van der Waals surface area contributed by atoms with Gasteiger partial charge in [-0.1, -0.05) is 18.2 Å². The van der Waals surface area contributed by atoms with E-state index in [1.54, 1.807) is 24.3 Å². The van der Waals surface area contributed by atoms with Gasteiger partial charge in [-0.05, 0) is 61.0 Å². The molecule has 0 aliphatic carbocycles. The first-order chi connectivity index (χ1) is 14.5. The van der Waals surface area contributed by atoms with Gasteiger partial charge < -0.3 is 19.9 Å². The Morgan fingerprint density at radius 2 is 1.87 bits per heavy atom. The molecule has 1 aliphatic rings. The highest BCUT2D eigenvalue weighted by atomic mass is 16.5. The molecule has 154 valence electrons. The van der Waals surface area contributed by atoms with Crippen LogP contribution in [-0.2, 0) is 9.53 Å². The maximum Gasteiger partial charge on any atom is 0.355 e. The molecule has 1 aromatic heterocycles. The maximum absolute atomic E-state index is 12.3. The van der Waals surface area contributed by atoms with Crippen molar-refractivity contribution in [2.45, 2.75) is 19.8 Å². The number of aromatic nitrogens is 1. The first kappa shape index (κ1) is 19.7. The fourth-order valence-electron chi connectivity index (χ4n) is 3.68. The highest BCUT2D eigenvalue weighted by Gasteiger charge is 2.15. The van der Waals surface area contributed by atoms with Crippen molar-refractivity contribution in [1.29, 1.82) is 0 Å². The van der Waals surface area contributed by atoms with E-state index < -0.39 is 18.5 Å². The molecule has 0 bridgehead atoms. The van der Waals surface area contributed by atoms with E-state index in [1.165, 1.54) is 18.9 Å². The lowest BCUT2D eigenvalue weighted by atomic mass is 10.1. The van der Waals surface area contributed by atoms with E-state index in [4.69, 9.17) is 4.74 Å². The van der Waals surface area contributed by atoms with Gasteiger partial charge in [0, 0.05) is 29.9 Å². The molecule has 1 saturated heterocycles. The van der Waals surface area contributed by atoms with E-state index in [0.717, 1.165) is 24.3 Å².